The van der Waals surface area contributed by atoms with Crippen LogP contribution in [0.2, 0.25) is 0 Å². The van der Waals surface area contributed by atoms with Crippen LogP contribution in [0.15, 0.2) is 66.9 Å². The van der Waals surface area contributed by atoms with Gasteiger partial charge in [-0.1, -0.05) is 24.3 Å². The van der Waals surface area contributed by atoms with Crippen LogP contribution in [0.5, 0.6) is 0 Å². The van der Waals surface area contributed by atoms with Crippen LogP contribution < -0.4 is 10.6 Å². The van der Waals surface area contributed by atoms with Crippen molar-refractivity contribution < 1.29 is 13.6 Å². The molecule has 3 rings (SSSR count). The lowest BCUT2D eigenvalue weighted by Crippen LogP contribution is -2.26. The quantitative estimate of drug-likeness (QED) is 0.620. The first kappa shape index (κ1) is 19.5. The summed E-state index contributed by atoms with van der Waals surface area (Å²) >= 11 is 0. The molecule has 2 aromatic carbocycles. The number of pyridine rings is 1. The Morgan fingerprint density at radius 2 is 1.36 bits per heavy atom. The van der Waals surface area contributed by atoms with E-state index in [2.05, 4.69) is 15.6 Å². The average Bonchev–Trinajstić information content (AvgIpc) is 2.71. The number of hydrogen-bond acceptors (Lipinski definition) is 3. The molecular weight excluding hydrogens is 360 g/mol. The Hall–Kier alpha value is -3.28. The second-order valence-corrected chi connectivity index (χ2v) is 6.37. The van der Waals surface area contributed by atoms with Gasteiger partial charge in [0.05, 0.1) is 11.9 Å². The molecule has 1 amide bonds. The van der Waals surface area contributed by atoms with Gasteiger partial charge < -0.3 is 10.6 Å². The van der Waals surface area contributed by atoms with Crippen LogP contribution in [-0.2, 0) is 12.8 Å². The zero-order valence-corrected chi connectivity index (χ0v) is 15.3. The smallest absolute Gasteiger partial charge is 0.269 e. The number of nitrogens with one attached hydrogen (secondary N) is 2. The Morgan fingerprint density at radius 1 is 0.786 bits per heavy atom. The van der Waals surface area contributed by atoms with Crippen LogP contribution in [0.25, 0.3) is 0 Å². The van der Waals surface area contributed by atoms with E-state index in [1.165, 1.54) is 24.3 Å². The normalized spacial score (nSPS) is 10.5. The van der Waals surface area contributed by atoms with Crippen molar-refractivity contribution in [3.05, 3.63) is 95.3 Å². The highest BCUT2D eigenvalue weighted by Crippen LogP contribution is 2.08. The van der Waals surface area contributed by atoms with Gasteiger partial charge >= 0.3 is 0 Å². The second kappa shape index (κ2) is 9.60. The number of carbonyl (C=O) groups excluding carboxylic acids is 1. The molecule has 1 heterocycles. The molecule has 0 radical (unpaired) electrons. The standard InChI is InChI=1S/C22H21F2N3O/c23-18-5-1-16(2-6-18)11-13-25-20-9-10-21(27-15-20)22(28)26-14-12-17-3-7-19(24)8-4-17/h1-10,15,25H,11-14H2,(H,26,28). The minimum absolute atomic E-state index is 0.243. The first-order valence-electron chi connectivity index (χ1n) is 9.07. The number of rotatable bonds is 8. The van der Waals surface area contributed by atoms with E-state index >= 15 is 0 Å². The minimum atomic E-state index is -0.275. The van der Waals surface area contributed by atoms with Crippen LogP contribution in [-0.4, -0.2) is 24.0 Å². The molecule has 0 unspecified atom stereocenters. The van der Waals surface area contributed by atoms with Crippen molar-refractivity contribution in [1.29, 1.82) is 0 Å². The van der Waals surface area contributed by atoms with Crippen molar-refractivity contribution in [3.8, 4) is 0 Å². The lowest BCUT2D eigenvalue weighted by molar-refractivity contribution is 0.0949. The molecule has 1 aromatic heterocycles. The summed E-state index contributed by atoms with van der Waals surface area (Å²) in [5, 5.41) is 6.03. The van der Waals surface area contributed by atoms with Crippen molar-refractivity contribution in [1.82, 2.24) is 10.3 Å². The number of anilines is 1. The Morgan fingerprint density at radius 3 is 1.89 bits per heavy atom. The predicted octanol–water partition coefficient (Wildman–Crippen LogP) is 3.99. The Balaban J connectivity index is 1.42. The van der Waals surface area contributed by atoms with Gasteiger partial charge in [-0.3, -0.25) is 4.79 Å². The van der Waals surface area contributed by atoms with E-state index in [4.69, 9.17) is 0 Å². The molecule has 0 saturated heterocycles. The van der Waals surface area contributed by atoms with Crippen molar-refractivity contribution in [2.75, 3.05) is 18.4 Å². The topological polar surface area (TPSA) is 54.0 Å². The molecule has 0 bridgehead atoms. The summed E-state index contributed by atoms with van der Waals surface area (Å²) in [5.41, 5.74) is 3.14. The molecule has 0 spiro atoms. The van der Waals surface area contributed by atoms with Crippen molar-refractivity contribution >= 4 is 11.6 Å². The van der Waals surface area contributed by atoms with Gasteiger partial charge in [-0.2, -0.15) is 0 Å². The van der Waals surface area contributed by atoms with Crippen LogP contribution in [0.4, 0.5) is 14.5 Å². The lowest BCUT2D eigenvalue weighted by Gasteiger charge is -2.08. The van der Waals surface area contributed by atoms with E-state index in [-0.39, 0.29) is 17.5 Å². The third-order valence-corrected chi connectivity index (χ3v) is 4.26. The van der Waals surface area contributed by atoms with Gasteiger partial charge in [0.25, 0.3) is 5.91 Å². The maximum absolute atomic E-state index is 12.9. The number of halogens is 2. The molecule has 0 aliphatic carbocycles. The maximum atomic E-state index is 12.9. The van der Waals surface area contributed by atoms with Gasteiger partial charge in [-0.05, 0) is 60.4 Å². The summed E-state index contributed by atoms with van der Waals surface area (Å²) in [4.78, 5) is 16.3. The van der Waals surface area contributed by atoms with Crippen molar-refractivity contribution in [2.45, 2.75) is 12.8 Å². The van der Waals surface area contributed by atoms with Gasteiger partial charge in [0.2, 0.25) is 0 Å². The van der Waals surface area contributed by atoms with Crippen molar-refractivity contribution in [2.24, 2.45) is 0 Å². The van der Waals surface area contributed by atoms with Crippen molar-refractivity contribution in [3.63, 3.8) is 0 Å². The zero-order chi connectivity index (χ0) is 19.8. The van der Waals surface area contributed by atoms with E-state index in [9.17, 15) is 13.6 Å². The van der Waals surface area contributed by atoms with E-state index in [0.717, 1.165) is 23.2 Å². The molecule has 0 aliphatic heterocycles. The maximum Gasteiger partial charge on any atom is 0.269 e. The second-order valence-electron chi connectivity index (χ2n) is 6.37. The van der Waals surface area contributed by atoms with Gasteiger partial charge in [-0.25, -0.2) is 13.8 Å². The van der Waals surface area contributed by atoms with E-state index in [1.54, 1.807) is 42.6 Å². The molecular formula is C22H21F2N3O. The van der Waals surface area contributed by atoms with Gasteiger partial charge in [0.15, 0.2) is 0 Å². The number of amides is 1. The Bertz CT molecular complexity index is 895. The molecule has 3 aromatic rings. The highest BCUT2D eigenvalue weighted by molar-refractivity contribution is 5.92. The summed E-state index contributed by atoms with van der Waals surface area (Å²) in [5.74, 6) is -0.768. The van der Waals surface area contributed by atoms with Crippen LogP contribution in [0, 0.1) is 11.6 Å². The summed E-state index contributed by atoms with van der Waals surface area (Å²) < 4.78 is 25.8. The molecule has 144 valence electrons. The number of nitrogens with zero attached hydrogens (tertiary/aromatic N) is 1. The first-order chi connectivity index (χ1) is 13.6. The minimum Gasteiger partial charge on any atom is -0.383 e. The fraction of sp³-hybridized carbons (Fsp3) is 0.182. The first-order valence-corrected chi connectivity index (χ1v) is 9.07. The SMILES string of the molecule is O=C(NCCc1ccc(F)cc1)c1ccc(NCCc2ccc(F)cc2)cn1. The van der Waals surface area contributed by atoms with Gasteiger partial charge in [0.1, 0.15) is 17.3 Å². The molecule has 4 nitrogen and oxygen atoms in total. The fourth-order valence-electron chi connectivity index (χ4n) is 2.70. The number of aromatic nitrogens is 1. The van der Waals surface area contributed by atoms with E-state index in [1.807, 2.05) is 0 Å². The summed E-state index contributed by atoms with van der Waals surface area (Å²) in [6, 6.07) is 16.1. The van der Waals surface area contributed by atoms with Crippen LogP contribution in [0.1, 0.15) is 21.6 Å². The highest BCUT2D eigenvalue weighted by atomic mass is 19.1. The molecule has 0 fully saturated rings. The third kappa shape index (κ3) is 5.87. The summed E-state index contributed by atoms with van der Waals surface area (Å²) in [7, 11) is 0. The molecule has 6 heteroatoms. The lowest BCUT2D eigenvalue weighted by atomic mass is 10.1. The number of carbonyl (C=O) groups is 1. The number of benzene rings is 2. The zero-order valence-electron chi connectivity index (χ0n) is 15.3. The number of hydrogen-bond donors (Lipinski definition) is 2. The molecule has 0 saturated carbocycles. The van der Waals surface area contributed by atoms with Gasteiger partial charge in [0, 0.05) is 13.1 Å². The molecule has 2 N–H and O–H groups in total. The summed E-state index contributed by atoms with van der Waals surface area (Å²) in [6.45, 7) is 1.13. The average molecular weight is 381 g/mol. The third-order valence-electron chi connectivity index (χ3n) is 4.26. The highest BCUT2D eigenvalue weighted by Gasteiger charge is 2.06. The molecule has 28 heavy (non-hydrogen) atoms. The van der Waals surface area contributed by atoms with E-state index < -0.39 is 0 Å². The van der Waals surface area contributed by atoms with Gasteiger partial charge in [-0.15, -0.1) is 0 Å². The largest absolute Gasteiger partial charge is 0.383 e. The predicted molar refractivity (Wildman–Crippen MR) is 105 cm³/mol. The molecule has 0 aliphatic rings. The van der Waals surface area contributed by atoms with Crippen LogP contribution in [0.3, 0.4) is 0 Å². The monoisotopic (exact) mass is 381 g/mol. The van der Waals surface area contributed by atoms with Crippen LogP contribution >= 0.6 is 0 Å². The summed E-state index contributed by atoms with van der Waals surface area (Å²) in [6.07, 6.45) is 2.99. The molecule has 0 atom stereocenters. The van der Waals surface area contributed by atoms with E-state index in [0.29, 0.717) is 25.2 Å². The Kier molecular flexibility index (Phi) is 6.68. The fourth-order valence-corrected chi connectivity index (χ4v) is 2.70. The Labute approximate surface area is 162 Å².